The second kappa shape index (κ2) is 9.38. The lowest BCUT2D eigenvalue weighted by atomic mass is 10.0. The zero-order valence-electron chi connectivity index (χ0n) is 15.8. The molecular formula is C23H18Cl3NO3. The fourth-order valence-electron chi connectivity index (χ4n) is 3.52. The first-order valence-electron chi connectivity index (χ1n) is 9.34. The van der Waals surface area contributed by atoms with Gasteiger partial charge in [0.1, 0.15) is 12.8 Å². The normalized spacial score (nSPS) is 17.6. The first kappa shape index (κ1) is 21.2. The third-order valence-corrected chi connectivity index (χ3v) is 5.97. The molecule has 154 valence electrons. The Morgan fingerprint density at radius 2 is 1.57 bits per heavy atom. The number of carbonyl (C=O) groups is 1. The Morgan fingerprint density at radius 1 is 0.933 bits per heavy atom. The number of halogens is 3. The van der Waals surface area contributed by atoms with Gasteiger partial charge in [-0.05, 0) is 17.2 Å². The smallest absolute Gasteiger partial charge is 0.333 e. The van der Waals surface area contributed by atoms with E-state index in [1.165, 1.54) is 12.1 Å². The van der Waals surface area contributed by atoms with Crippen LogP contribution in [0.3, 0.4) is 0 Å². The van der Waals surface area contributed by atoms with Gasteiger partial charge in [-0.15, -0.1) is 0 Å². The molecular weight excluding hydrogens is 445 g/mol. The summed E-state index contributed by atoms with van der Waals surface area (Å²) in [5.74, 6) is -0.318. The lowest BCUT2D eigenvalue weighted by Crippen LogP contribution is -2.36. The lowest BCUT2D eigenvalue weighted by molar-refractivity contribution is -0.141. The van der Waals surface area contributed by atoms with Gasteiger partial charge in [0.2, 0.25) is 0 Å². The van der Waals surface area contributed by atoms with Gasteiger partial charge in [-0.1, -0.05) is 95.5 Å². The minimum Gasteiger partial charge on any atom is -0.423 e. The van der Waals surface area contributed by atoms with E-state index in [1.54, 1.807) is 0 Å². The minimum atomic E-state index is -0.690. The van der Waals surface area contributed by atoms with E-state index < -0.39 is 12.0 Å². The van der Waals surface area contributed by atoms with Crippen molar-refractivity contribution in [1.29, 1.82) is 0 Å². The van der Waals surface area contributed by atoms with E-state index in [9.17, 15) is 4.79 Å². The van der Waals surface area contributed by atoms with Crippen LogP contribution < -0.4 is 4.74 Å². The van der Waals surface area contributed by atoms with Crippen molar-refractivity contribution in [2.24, 2.45) is 0 Å². The van der Waals surface area contributed by atoms with Crippen molar-refractivity contribution in [3.63, 3.8) is 0 Å². The number of carbonyl (C=O) groups excluding carboxylic acids is 1. The standard InChI is InChI=1S/C23H18Cl3NO3/c24-17-11-19(26)21(12-18(17)25)30-23(28)22(16-9-5-2-6-10-16)27-14-29-13-20(27)15-7-3-1-4-8-15/h1-12,20,22H,13-14H2/t20-,22?/m0/s1. The Hall–Kier alpha value is -2.08. The number of rotatable bonds is 5. The number of hydrogen-bond acceptors (Lipinski definition) is 4. The van der Waals surface area contributed by atoms with Gasteiger partial charge in [0.15, 0.2) is 5.75 Å². The Bertz CT molecular complexity index is 1030. The van der Waals surface area contributed by atoms with Crippen molar-refractivity contribution in [1.82, 2.24) is 4.90 Å². The summed E-state index contributed by atoms with van der Waals surface area (Å²) in [5, 5.41) is 0.756. The van der Waals surface area contributed by atoms with E-state index in [-0.39, 0.29) is 26.9 Å². The van der Waals surface area contributed by atoms with Crippen LogP contribution in [0.4, 0.5) is 0 Å². The van der Waals surface area contributed by atoms with Gasteiger partial charge in [-0.2, -0.15) is 0 Å². The topological polar surface area (TPSA) is 38.8 Å². The summed E-state index contributed by atoms with van der Waals surface area (Å²) in [5.41, 5.74) is 1.86. The molecule has 4 rings (SSSR count). The first-order valence-corrected chi connectivity index (χ1v) is 10.5. The Kier molecular flexibility index (Phi) is 6.61. The average molecular weight is 463 g/mol. The fraction of sp³-hybridized carbons (Fsp3) is 0.174. The number of ether oxygens (including phenoxy) is 2. The zero-order valence-corrected chi connectivity index (χ0v) is 18.1. The average Bonchev–Trinajstić information content (AvgIpc) is 3.23. The highest BCUT2D eigenvalue weighted by molar-refractivity contribution is 6.43. The predicted molar refractivity (Wildman–Crippen MR) is 118 cm³/mol. The van der Waals surface area contributed by atoms with E-state index in [4.69, 9.17) is 44.3 Å². The summed E-state index contributed by atoms with van der Waals surface area (Å²) < 4.78 is 11.4. The Morgan fingerprint density at radius 3 is 2.27 bits per heavy atom. The molecule has 0 amide bonds. The summed E-state index contributed by atoms with van der Waals surface area (Å²) in [6, 6.07) is 21.5. The second-order valence-corrected chi connectivity index (χ2v) is 8.09. The van der Waals surface area contributed by atoms with E-state index >= 15 is 0 Å². The molecule has 0 bridgehead atoms. The molecule has 1 heterocycles. The maximum atomic E-state index is 13.4. The molecule has 30 heavy (non-hydrogen) atoms. The van der Waals surface area contributed by atoms with Gasteiger partial charge in [0, 0.05) is 6.07 Å². The number of benzene rings is 3. The van der Waals surface area contributed by atoms with Crippen molar-refractivity contribution < 1.29 is 14.3 Å². The molecule has 0 aromatic heterocycles. The molecule has 1 unspecified atom stereocenters. The highest BCUT2D eigenvalue weighted by Crippen LogP contribution is 2.38. The maximum absolute atomic E-state index is 13.4. The number of hydrogen-bond donors (Lipinski definition) is 0. The molecule has 1 aliphatic heterocycles. The van der Waals surface area contributed by atoms with Gasteiger partial charge in [0.05, 0.1) is 27.7 Å². The van der Waals surface area contributed by atoms with Crippen LogP contribution >= 0.6 is 34.8 Å². The van der Waals surface area contributed by atoms with E-state index in [1.807, 2.05) is 65.6 Å². The highest BCUT2D eigenvalue weighted by atomic mass is 35.5. The van der Waals surface area contributed by atoms with Gasteiger partial charge in [-0.25, -0.2) is 4.79 Å². The third-order valence-electron chi connectivity index (χ3n) is 4.96. The van der Waals surface area contributed by atoms with Crippen molar-refractivity contribution >= 4 is 40.8 Å². The Labute approximate surface area is 189 Å². The van der Waals surface area contributed by atoms with Crippen LogP contribution in [0.25, 0.3) is 0 Å². The van der Waals surface area contributed by atoms with E-state index in [0.717, 1.165) is 11.1 Å². The lowest BCUT2D eigenvalue weighted by Gasteiger charge is -2.30. The molecule has 1 aliphatic rings. The summed E-state index contributed by atoms with van der Waals surface area (Å²) in [4.78, 5) is 15.4. The van der Waals surface area contributed by atoms with Gasteiger partial charge in [-0.3, -0.25) is 4.90 Å². The van der Waals surface area contributed by atoms with E-state index in [2.05, 4.69) is 0 Å². The molecule has 0 aliphatic carbocycles. The SMILES string of the molecule is O=C(Oc1cc(Cl)c(Cl)cc1Cl)C(c1ccccc1)N1COC[C@H]1c1ccccc1. The number of esters is 1. The van der Waals surface area contributed by atoms with Crippen LogP contribution in [-0.2, 0) is 9.53 Å². The quantitative estimate of drug-likeness (QED) is 0.252. The molecule has 3 aromatic rings. The monoisotopic (exact) mass is 461 g/mol. The number of nitrogens with zero attached hydrogens (tertiary/aromatic N) is 1. The summed E-state index contributed by atoms with van der Waals surface area (Å²) in [7, 11) is 0. The maximum Gasteiger partial charge on any atom is 0.333 e. The van der Waals surface area contributed by atoms with Gasteiger partial charge >= 0.3 is 5.97 Å². The summed E-state index contributed by atoms with van der Waals surface area (Å²) in [6.45, 7) is 0.775. The zero-order chi connectivity index (χ0) is 21.1. The predicted octanol–water partition coefficient (Wildman–Crippen LogP) is 6.32. The van der Waals surface area contributed by atoms with Crippen molar-refractivity contribution in [2.75, 3.05) is 13.3 Å². The Balaban J connectivity index is 1.69. The van der Waals surface area contributed by atoms with Crippen molar-refractivity contribution in [3.8, 4) is 5.75 Å². The first-order chi connectivity index (χ1) is 14.5. The van der Waals surface area contributed by atoms with Gasteiger partial charge < -0.3 is 9.47 Å². The molecule has 0 spiro atoms. The minimum absolute atomic E-state index is 0.0896. The van der Waals surface area contributed by atoms with Gasteiger partial charge in [0.25, 0.3) is 0 Å². The molecule has 2 atom stereocenters. The summed E-state index contributed by atoms with van der Waals surface area (Å²) in [6.07, 6.45) is 0. The molecule has 7 heteroatoms. The molecule has 4 nitrogen and oxygen atoms in total. The molecule has 0 radical (unpaired) electrons. The molecule has 0 N–H and O–H groups in total. The molecule has 3 aromatic carbocycles. The van der Waals surface area contributed by atoms with Crippen molar-refractivity contribution in [3.05, 3.63) is 99.0 Å². The van der Waals surface area contributed by atoms with Crippen LogP contribution in [0.2, 0.25) is 15.1 Å². The second-order valence-electron chi connectivity index (χ2n) is 6.87. The van der Waals surface area contributed by atoms with Crippen molar-refractivity contribution in [2.45, 2.75) is 12.1 Å². The fourth-order valence-corrected chi connectivity index (χ4v) is 4.09. The highest BCUT2D eigenvalue weighted by Gasteiger charge is 2.38. The molecule has 1 saturated heterocycles. The van der Waals surface area contributed by atoms with Crippen LogP contribution in [0.5, 0.6) is 5.75 Å². The molecule has 0 saturated carbocycles. The van der Waals surface area contributed by atoms with Crippen LogP contribution in [0.15, 0.2) is 72.8 Å². The van der Waals surface area contributed by atoms with Crippen LogP contribution in [-0.4, -0.2) is 24.2 Å². The van der Waals surface area contributed by atoms with E-state index in [0.29, 0.717) is 13.3 Å². The van der Waals surface area contributed by atoms with Crippen LogP contribution in [0.1, 0.15) is 23.2 Å². The van der Waals surface area contributed by atoms with Crippen LogP contribution in [0, 0.1) is 0 Å². The largest absolute Gasteiger partial charge is 0.423 e. The molecule has 1 fully saturated rings. The third kappa shape index (κ3) is 4.48. The summed E-state index contributed by atoms with van der Waals surface area (Å²) >= 11 is 18.3.